The summed E-state index contributed by atoms with van der Waals surface area (Å²) in [5.74, 6) is -0.501. The number of ether oxygens (including phenoxy) is 1. The molecule has 0 amide bonds. The summed E-state index contributed by atoms with van der Waals surface area (Å²) in [7, 11) is 0. The molecule has 1 saturated heterocycles. The van der Waals surface area contributed by atoms with Crippen LogP contribution in [0.1, 0.15) is 18.5 Å². The van der Waals surface area contributed by atoms with Crippen molar-refractivity contribution in [2.24, 2.45) is 0 Å². The first-order valence-electron chi connectivity index (χ1n) is 6.79. The predicted molar refractivity (Wildman–Crippen MR) is 75.7 cm³/mol. The van der Waals surface area contributed by atoms with E-state index in [0.29, 0.717) is 12.2 Å². The third kappa shape index (κ3) is 3.40. The lowest BCUT2D eigenvalue weighted by Gasteiger charge is -2.33. The van der Waals surface area contributed by atoms with Gasteiger partial charge < -0.3 is 10.1 Å². The van der Waals surface area contributed by atoms with E-state index in [4.69, 9.17) is 16.3 Å². The molecule has 1 aromatic rings. The molecule has 3 nitrogen and oxygen atoms in total. The fraction of sp³-hybridized carbons (Fsp3) is 0.571. The summed E-state index contributed by atoms with van der Waals surface area (Å²) in [5.41, 5.74) is 0.556. The van der Waals surface area contributed by atoms with E-state index >= 15 is 0 Å². The minimum atomic E-state index is -0.566. The molecule has 0 aromatic heterocycles. The van der Waals surface area contributed by atoms with Crippen molar-refractivity contribution in [2.75, 3.05) is 39.5 Å². The summed E-state index contributed by atoms with van der Waals surface area (Å²) in [6.07, 6.45) is 0. The summed E-state index contributed by atoms with van der Waals surface area (Å²) >= 11 is 6.04. The van der Waals surface area contributed by atoms with Gasteiger partial charge in [0.25, 0.3) is 0 Å². The van der Waals surface area contributed by atoms with Crippen molar-refractivity contribution in [3.8, 4) is 5.75 Å². The quantitative estimate of drug-likeness (QED) is 0.905. The van der Waals surface area contributed by atoms with Crippen molar-refractivity contribution in [2.45, 2.75) is 13.0 Å². The smallest absolute Gasteiger partial charge is 0.173 e. The Morgan fingerprint density at radius 3 is 2.65 bits per heavy atom. The van der Waals surface area contributed by atoms with Gasteiger partial charge in [-0.1, -0.05) is 11.6 Å². The van der Waals surface area contributed by atoms with Crippen LogP contribution in [0.5, 0.6) is 5.75 Å². The summed E-state index contributed by atoms with van der Waals surface area (Å²) in [6.45, 7) is 4.62. The molecule has 0 saturated carbocycles. The molecule has 1 aliphatic heterocycles. The van der Waals surface area contributed by atoms with Gasteiger partial charge in [-0.25, -0.2) is 8.78 Å². The fourth-order valence-corrected chi connectivity index (χ4v) is 2.72. The Balaban J connectivity index is 2.25. The zero-order chi connectivity index (χ0) is 14.5. The van der Waals surface area contributed by atoms with E-state index in [-0.39, 0.29) is 10.8 Å². The Morgan fingerprint density at radius 2 is 2.10 bits per heavy atom. The van der Waals surface area contributed by atoms with Crippen LogP contribution >= 0.6 is 11.6 Å². The van der Waals surface area contributed by atoms with Gasteiger partial charge in [0, 0.05) is 26.2 Å². The van der Waals surface area contributed by atoms with Crippen LogP contribution in [0.15, 0.2) is 12.1 Å². The average Bonchev–Trinajstić information content (AvgIpc) is 2.45. The normalized spacial score (nSPS) is 18.0. The van der Waals surface area contributed by atoms with Gasteiger partial charge in [0.2, 0.25) is 0 Å². The van der Waals surface area contributed by atoms with Crippen molar-refractivity contribution >= 4 is 11.6 Å². The van der Waals surface area contributed by atoms with E-state index in [1.807, 2.05) is 4.90 Å². The molecule has 0 radical (unpaired) electrons. The average molecular weight is 305 g/mol. The minimum absolute atomic E-state index is 0.0378. The molecule has 0 spiro atoms. The molecule has 0 bridgehead atoms. The number of rotatable bonds is 5. The number of benzene rings is 1. The van der Waals surface area contributed by atoms with Crippen LogP contribution in [0.2, 0.25) is 5.02 Å². The standard InChI is InChI=1S/C14H19ClF2N2O/c1-2-20-14-11(15)7-10(8-12(14)17)13(9-16)19-5-3-18-4-6-19/h7-8,13,18H,2-6,9H2,1H3/t13-/m0/s1. The highest BCUT2D eigenvalue weighted by atomic mass is 35.5. The lowest BCUT2D eigenvalue weighted by atomic mass is 10.0. The highest BCUT2D eigenvalue weighted by Gasteiger charge is 2.24. The molecular formula is C14H19ClF2N2O. The van der Waals surface area contributed by atoms with Crippen LogP contribution in [0.25, 0.3) is 0 Å². The van der Waals surface area contributed by atoms with Crippen LogP contribution in [-0.2, 0) is 0 Å². The maximum Gasteiger partial charge on any atom is 0.173 e. The molecule has 0 unspecified atom stereocenters. The number of piperazine rings is 1. The first-order chi connectivity index (χ1) is 9.67. The van der Waals surface area contributed by atoms with E-state index in [1.54, 1.807) is 13.0 Å². The van der Waals surface area contributed by atoms with Crippen LogP contribution in [0.3, 0.4) is 0 Å². The largest absolute Gasteiger partial charge is 0.489 e. The molecule has 112 valence electrons. The van der Waals surface area contributed by atoms with Gasteiger partial charge in [-0.15, -0.1) is 0 Å². The number of hydrogen-bond donors (Lipinski definition) is 1. The molecule has 20 heavy (non-hydrogen) atoms. The molecule has 1 aromatic carbocycles. The van der Waals surface area contributed by atoms with Gasteiger partial charge in [-0.05, 0) is 24.6 Å². The zero-order valence-corrected chi connectivity index (χ0v) is 12.2. The SMILES string of the molecule is CCOc1c(F)cc([C@H](CF)N2CCNCC2)cc1Cl. The van der Waals surface area contributed by atoms with Crippen molar-refractivity contribution in [1.82, 2.24) is 10.2 Å². The molecule has 0 aliphatic carbocycles. The van der Waals surface area contributed by atoms with Gasteiger partial charge in [-0.2, -0.15) is 0 Å². The van der Waals surface area contributed by atoms with Gasteiger partial charge in [0.05, 0.1) is 17.7 Å². The van der Waals surface area contributed by atoms with Crippen molar-refractivity contribution in [1.29, 1.82) is 0 Å². The third-order valence-corrected chi connectivity index (χ3v) is 3.71. The molecule has 1 aliphatic rings. The Kier molecular flexibility index (Phi) is 5.57. The Hall–Kier alpha value is -0.910. The summed E-state index contributed by atoms with van der Waals surface area (Å²) in [4.78, 5) is 2.00. The topological polar surface area (TPSA) is 24.5 Å². The molecule has 2 rings (SSSR count). The maximum absolute atomic E-state index is 14.0. The van der Waals surface area contributed by atoms with E-state index < -0.39 is 18.5 Å². The number of nitrogens with zero attached hydrogens (tertiary/aromatic N) is 1. The van der Waals surface area contributed by atoms with E-state index in [1.165, 1.54) is 6.07 Å². The highest BCUT2D eigenvalue weighted by Crippen LogP contribution is 2.33. The van der Waals surface area contributed by atoms with Crippen LogP contribution in [0, 0.1) is 5.82 Å². The number of hydrogen-bond acceptors (Lipinski definition) is 3. The van der Waals surface area contributed by atoms with Crippen molar-refractivity contribution in [3.63, 3.8) is 0 Å². The molecule has 1 heterocycles. The highest BCUT2D eigenvalue weighted by molar-refractivity contribution is 6.32. The van der Waals surface area contributed by atoms with Gasteiger partial charge in [-0.3, -0.25) is 4.90 Å². The predicted octanol–water partition coefficient (Wildman–Crippen LogP) is 2.79. The fourth-order valence-electron chi connectivity index (χ4n) is 2.45. The van der Waals surface area contributed by atoms with Gasteiger partial charge in [0.15, 0.2) is 11.6 Å². The molecule has 6 heteroatoms. The third-order valence-electron chi connectivity index (χ3n) is 3.43. The van der Waals surface area contributed by atoms with Crippen LogP contribution in [-0.4, -0.2) is 44.4 Å². The molecule has 1 N–H and O–H groups in total. The van der Waals surface area contributed by atoms with Crippen molar-refractivity contribution < 1.29 is 13.5 Å². The number of nitrogens with one attached hydrogen (secondary N) is 1. The second-order valence-corrected chi connectivity index (χ2v) is 5.11. The molecular weight excluding hydrogens is 286 g/mol. The van der Waals surface area contributed by atoms with Crippen molar-refractivity contribution in [3.05, 3.63) is 28.5 Å². The van der Waals surface area contributed by atoms with E-state index in [2.05, 4.69) is 5.32 Å². The number of alkyl halides is 1. The monoisotopic (exact) mass is 304 g/mol. The first-order valence-corrected chi connectivity index (χ1v) is 7.17. The summed E-state index contributed by atoms with van der Waals surface area (Å²) in [6, 6.07) is 2.46. The summed E-state index contributed by atoms with van der Waals surface area (Å²) in [5, 5.41) is 3.40. The van der Waals surface area contributed by atoms with Gasteiger partial charge in [0.1, 0.15) is 6.67 Å². The lowest BCUT2D eigenvalue weighted by Crippen LogP contribution is -2.45. The second-order valence-electron chi connectivity index (χ2n) is 4.70. The van der Waals surface area contributed by atoms with Crippen LogP contribution < -0.4 is 10.1 Å². The Labute approximate surface area is 122 Å². The van der Waals surface area contributed by atoms with Crippen LogP contribution in [0.4, 0.5) is 8.78 Å². The maximum atomic E-state index is 14.0. The molecule has 1 atom stereocenters. The van der Waals surface area contributed by atoms with E-state index in [0.717, 1.165) is 26.2 Å². The Bertz CT molecular complexity index is 430. The second kappa shape index (κ2) is 7.20. The lowest BCUT2D eigenvalue weighted by molar-refractivity contribution is 0.147. The van der Waals surface area contributed by atoms with Gasteiger partial charge >= 0.3 is 0 Å². The molecule has 1 fully saturated rings. The minimum Gasteiger partial charge on any atom is -0.489 e. The summed E-state index contributed by atoms with van der Waals surface area (Å²) < 4.78 is 32.5. The first kappa shape index (κ1) is 15.5. The Morgan fingerprint density at radius 1 is 1.40 bits per heavy atom. The van der Waals surface area contributed by atoms with E-state index in [9.17, 15) is 8.78 Å². The number of halogens is 3. The zero-order valence-electron chi connectivity index (χ0n) is 11.5.